The second-order valence-corrected chi connectivity index (χ2v) is 8.75. The summed E-state index contributed by atoms with van der Waals surface area (Å²) >= 11 is 5.99. The first-order chi connectivity index (χ1) is 11.7. The fourth-order valence-electron chi connectivity index (χ4n) is 4.47. The minimum absolute atomic E-state index is 0.0264. The van der Waals surface area contributed by atoms with Crippen molar-refractivity contribution in [2.24, 2.45) is 17.1 Å². The number of halogens is 1. The molecule has 1 aliphatic heterocycles. The number of carbonyl (C=O) groups is 1. The number of rotatable bonds is 2. The Bertz CT molecular complexity index is 631. The van der Waals surface area contributed by atoms with E-state index in [0.717, 1.165) is 31.2 Å². The van der Waals surface area contributed by atoms with Crippen LogP contribution < -0.4 is 5.73 Å². The van der Waals surface area contributed by atoms with Crippen LogP contribution in [0.15, 0.2) is 24.3 Å². The Kier molecular flexibility index (Phi) is 5.16. The van der Waals surface area contributed by atoms with Crippen molar-refractivity contribution in [1.82, 2.24) is 4.90 Å². The quantitative estimate of drug-likeness (QED) is 0.846. The van der Waals surface area contributed by atoms with Crippen molar-refractivity contribution in [3.63, 3.8) is 0 Å². The molecule has 0 radical (unpaired) electrons. The van der Waals surface area contributed by atoms with Crippen molar-refractivity contribution >= 4 is 17.5 Å². The Hall–Kier alpha value is -1.10. The van der Waals surface area contributed by atoms with E-state index in [1.54, 1.807) is 0 Å². The summed E-state index contributed by atoms with van der Waals surface area (Å²) in [6, 6.07) is 7.37. The Morgan fingerprint density at radius 2 is 1.88 bits per heavy atom. The number of nitrogens with two attached hydrogens (primary N) is 1. The van der Waals surface area contributed by atoms with Crippen LogP contribution in [0, 0.1) is 11.3 Å². The van der Waals surface area contributed by atoms with Gasteiger partial charge in [-0.3, -0.25) is 4.79 Å². The molecule has 1 unspecified atom stereocenters. The number of carbonyl (C=O) groups excluding carboxylic acids is 1. The van der Waals surface area contributed by atoms with Crippen molar-refractivity contribution in [3.05, 3.63) is 34.9 Å². The van der Waals surface area contributed by atoms with Gasteiger partial charge in [0.1, 0.15) is 0 Å². The summed E-state index contributed by atoms with van der Waals surface area (Å²) in [6.07, 6.45) is 4.54. The molecule has 138 valence electrons. The number of hydrogen-bond acceptors (Lipinski definition) is 3. The predicted molar refractivity (Wildman–Crippen MR) is 100 cm³/mol. The topological polar surface area (TPSA) is 66.6 Å². The van der Waals surface area contributed by atoms with Crippen LogP contribution in [0.25, 0.3) is 0 Å². The molecule has 2 aliphatic rings. The van der Waals surface area contributed by atoms with Gasteiger partial charge in [0.25, 0.3) is 0 Å². The van der Waals surface area contributed by atoms with Gasteiger partial charge in [-0.25, -0.2) is 0 Å². The number of benzene rings is 1. The van der Waals surface area contributed by atoms with Crippen LogP contribution in [-0.2, 0) is 10.4 Å². The molecule has 0 spiro atoms. The van der Waals surface area contributed by atoms with Crippen LogP contribution in [0.5, 0.6) is 0 Å². The molecule has 0 bridgehead atoms. The lowest BCUT2D eigenvalue weighted by Gasteiger charge is -2.51. The molecular formula is C20H29ClN2O2. The molecule has 3 rings (SSSR count). The first kappa shape index (κ1) is 18.7. The van der Waals surface area contributed by atoms with Crippen molar-refractivity contribution < 1.29 is 9.90 Å². The third-order valence-electron chi connectivity index (χ3n) is 6.22. The summed E-state index contributed by atoms with van der Waals surface area (Å²) in [6.45, 7) is 5.16. The molecule has 1 saturated heterocycles. The number of aliphatic hydroxyl groups is 1. The highest BCUT2D eigenvalue weighted by molar-refractivity contribution is 6.30. The second kappa shape index (κ2) is 6.90. The lowest BCUT2D eigenvalue weighted by Crippen LogP contribution is -2.58. The van der Waals surface area contributed by atoms with Gasteiger partial charge in [0.2, 0.25) is 5.91 Å². The molecule has 1 saturated carbocycles. The lowest BCUT2D eigenvalue weighted by atomic mass is 9.66. The van der Waals surface area contributed by atoms with Crippen molar-refractivity contribution in [1.29, 1.82) is 0 Å². The van der Waals surface area contributed by atoms with Gasteiger partial charge in [-0.05, 0) is 37.0 Å². The van der Waals surface area contributed by atoms with Gasteiger partial charge in [-0.15, -0.1) is 0 Å². The number of nitrogens with zero attached hydrogens (tertiary/aromatic N) is 1. The van der Waals surface area contributed by atoms with Crippen LogP contribution >= 0.6 is 11.6 Å². The summed E-state index contributed by atoms with van der Waals surface area (Å²) in [4.78, 5) is 14.9. The molecule has 1 aromatic carbocycles. The van der Waals surface area contributed by atoms with E-state index in [1.165, 1.54) is 0 Å². The van der Waals surface area contributed by atoms with Gasteiger partial charge in [-0.1, -0.05) is 50.4 Å². The van der Waals surface area contributed by atoms with Gasteiger partial charge in [0, 0.05) is 29.6 Å². The minimum atomic E-state index is -0.969. The van der Waals surface area contributed by atoms with Crippen molar-refractivity contribution in [2.45, 2.75) is 57.6 Å². The maximum absolute atomic E-state index is 13.0. The second-order valence-electron chi connectivity index (χ2n) is 8.32. The highest BCUT2D eigenvalue weighted by Crippen LogP contribution is 2.46. The Balaban J connectivity index is 1.78. The molecule has 2 fully saturated rings. The minimum Gasteiger partial charge on any atom is -0.384 e. The molecule has 0 aromatic heterocycles. The summed E-state index contributed by atoms with van der Waals surface area (Å²) in [5, 5.41) is 12.1. The average Bonchev–Trinajstić information content (AvgIpc) is 2.57. The summed E-state index contributed by atoms with van der Waals surface area (Å²) in [5.41, 5.74) is 5.65. The first-order valence-corrected chi connectivity index (χ1v) is 9.65. The molecule has 4 nitrogen and oxygen atoms in total. The Labute approximate surface area is 155 Å². The van der Waals surface area contributed by atoms with Gasteiger partial charge in [-0.2, -0.15) is 0 Å². The lowest BCUT2D eigenvalue weighted by molar-refractivity contribution is -0.157. The summed E-state index contributed by atoms with van der Waals surface area (Å²) < 4.78 is 0. The Morgan fingerprint density at radius 1 is 1.24 bits per heavy atom. The highest BCUT2D eigenvalue weighted by atomic mass is 35.5. The van der Waals surface area contributed by atoms with E-state index in [-0.39, 0.29) is 17.9 Å². The molecule has 1 aromatic rings. The molecule has 1 aliphatic carbocycles. The van der Waals surface area contributed by atoms with E-state index in [1.807, 2.05) is 43.0 Å². The highest BCUT2D eigenvalue weighted by Gasteiger charge is 2.50. The molecule has 1 amide bonds. The van der Waals surface area contributed by atoms with Crippen LogP contribution in [0.3, 0.4) is 0 Å². The fourth-order valence-corrected chi connectivity index (χ4v) is 4.60. The first-order valence-electron chi connectivity index (χ1n) is 9.27. The molecule has 1 heterocycles. The zero-order chi connectivity index (χ0) is 18.2. The van der Waals surface area contributed by atoms with E-state index in [9.17, 15) is 9.90 Å². The molecular weight excluding hydrogens is 336 g/mol. The zero-order valence-electron chi connectivity index (χ0n) is 15.2. The van der Waals surface area contributed by atoms with Gasteiger partial charge in [0.15, 0.2) is 0 Å². The van der Waals surface area contributed by atoms with Crippen molar-refractivity contribution in [3.8, 4) is 0 Å². The van der Waals surface area contributed by atoms with Crippen LogP contribution in [0.2, 0.25) is 5.02 Å². The molecule has 25 heavy (non-hydrogen) atoms. The number of hydrogen-bond donors (Lipinski definition) is 2. The van der Waals surface area contributed by atoms with E-state index >= 15 is 0 Å². The fraction of sp³-hybridized carbons (Fsp3) is 0.650. The Morgan fingerprint density at radius 3 is 2.48 bits per heavy atom. The third kappa shape index (κ3) is 3.44. The van der Waals surface area contributed by atoms with Crippen LogP contribution in [-0.4, -0.2) is 35.0 Å². The van der Waals surface area contributed by atoms with Crippen molar-refractivity contribution in [2.75, 3.05) is 13.1 Å². The smallest absolute Gasteiger partial charge is 0.227 e. The predicted octanol–water partition coefficient (Wildman–Crippen LogP) is 3.30. The van der Waals surface area contributed by atoms with E-state index in [4.69, 9.17) is 17.3 Å². The number of likely N-dealkylation sites (tertiary alicyclic amines) is 1. The average molecular weight is 365 g/mol. The van der Waals surface area contributed by atoms with E-state index in [0.29, 0.717) is 24.5 Å². The van der Waals surface area contributed by atoms with Gasteiger partial charge in [0.05, 0.1) is 11.5 Å². The molecule has 3 atom stereocenters. The van der Waals surface area contributed by atoms with Gasteiger partial charge < -0.3 is 15.7 Å². The maximum Gasteiger partial charge on any atom is 0.227 e. The normalized spacial score (nSPS) is 32.4. The van der Waals surface area contributed by atoms with E-state index < -0.39 is 11.0 Å². The number of amides is 1. The molecule has 3 N–H and O–H groups in total. The van der Waals surface area contributed by atoms with E-state index in [2.05, 4.69) is 0 Å². The monoisotopic (exact) mass is 364 g/mol. The SMILES string of the molecule is CC1(C)CN(C(=O)[C@H]2CCCC[C@H]2N)CCC1(O)c1ccc(Cl)cc1. The summed E-state index contributed by atoms with van der Waals surface area (Å²) in [7, 11) is 0. The number of piperidine rings is 1. The van der Waals surface area contributed by atoms with Gasteiger partial charge >= 0.3 is 0 Å². The molecule has 5 heteroatoms. The van der Waals surface area contributed by atoms with Crippen LogP contribution in [0.4, 0.5) is 0 Å². The van der Waals surface area contributed by atoms with Crippen LogP contribution in [0.1, 0.15) is 51.5 Å². The maximum atomic E-state index is 13.0. The standard InChI is InChI=1S/C20H29ClN2O2/c1-19(2)13-23(18(24)16-5-3-4-6-17(16)22)12-11-20(19,25)14-7-9-15(21)10-8-14/h7-10,16-17,25H,3-6,11-13,22H2,1-2H3/t16-,17+,20?/m0/s1. The third-order valence-corrected chi connectivity index (χ3v) is 6.47. The largest absolute Gasteiger partial charge is 0.384 e. The zero-order valence-corrected chi connectivity index (χ0v) is 15.9. The summed E-state index contributed by atoms with van der Waals surface area (Å²) in [5.74, 6) is 0.102.